The van der Waals surface area contributed by atoms with Gasteiger partial charge in [-0.25, -0.2) is 4.79 Å². The molecule has 1 amide bonds. The van der Waals surface area contributed by atoms with E-state index >= 15 is 0 Å². The summed E-state index contributed by atoms with van der Waals surface area (Å²) in [5.74, 6) is -0.988. The Morgan fingerprint density at radius 3 is 2.30 bits per heavy atom. The Morgan fingerprint density at radius 1 is 1.20 bits per heavy atom. The smallest absolute Gasteiger partial charge is 0.348 e. The van der Waals surface area contributed by atoms with Crippen LogP contribution in [0.2, 0.25) is 0 Å². The van der Waals surface area contributed by atoms with Gasteiger partial charge in [0.25, 0.3) is 5.91 Å². The zero-order valence-electron chi connectivity index (χ0n) is 11.9. The molecule has 1 rings (SSSR count). The lowest BCUT2D eigenvalue weighted by Crippen LogP contribution is -2.36. The van der Waals surface area contributed by atoms with E-state index in [1.165, 1.54) is 13.0 Å². The van der Waals surface area contributed by atoms with Crippen LogP contribution < -0.4 is 5.32 Å². The Hall–Kier alpha value is -1.69. The van der Waals surface area contributed by atoms with Gasteiger partial charge < -0.3 is 10.1 Å². The molecule has 1 N–H and O–H groups in total. The van der Waals surface area contributed by atoms with E-state index in [1.54, 1.807) is 6.07 Å². The topological polar surface area (TPSA) is 72.5 Å². The van der Waals surface area contributed by atoms with Crippen molar-refractivity contribution in [2.24, 2.45) is 0 Å². The lowest BCUT2D eigenvalue weighted by atomic mass is 10.2. The molecule has 0 aliphatic rings. The zero-order chi connectivity index (χ0) is 15.1. The third-order valence-electron chi connectivity index (χ3n) is 2.84. The SMILES string of the molecule is CCC(CC)NC(=O)COC(=O)c1ccc(C(C)=O)s1. The Balaban J connectivity index is 2.46. The second-order valence-electron chi connectivity index (χ2n) is 4.38. The summed E-state index contributed by atoms with van der Waals surface area (Å²) in [5, 5.41) is 2.78. The number of hydrogen-bond acceptors (Lipinski definition) is 5. The van der Waals surface area contributed by atoms with Crippen molar-refractivity contribution in [1.82, 2.24) is 5.32 Å². The molecule has 0 atom stereocenters. The molecule has 1 aromatic heterocycles. The Bertz CT molecular complexity index is 491. The maximum absolute atomic E-state index is 11.7. The average Bonchev–Trinajstić information content (AvgIpc) is 2.92. The van der Waals surface area contributed by atoms with Crippen LogP contribution in [-0.4, -0.2) is 30.3 Å². The second kappa shape index (κ2) is 7.79. The first-order valence-electron chi connectivity index (χ1n) is 6.55. The number of ether oxygens (including phenoxy) is 1. The van der Waals surface area contributed by atoms with Crippen LogP contribution in [0.3, 0.4) is 0 Å². The number of carbonyl (C=O) groups excluding carboxylic acids is 3. The summed E-state index contributed by atoms with van der Waals surface area (Å²) >= 11 is 1.07. The first kappa shape index (κ1) is 16.4. The molecule has 0 aliphatic heterocycles. The Kier molecular flexibility index (Phi) is 6.38. The van der Waals surface area contributed by atoms with E-state index in [1.807, 2.05) is 13.8 Å². The van der Waals surface area contributed by atoms with Gasteiger partial charge in [-0.3, -0.25) is 9.59 Å². The zero-order valence-corrected chi connectivity index (χ0v) is 12.7. The van der Waals surface area contributed by atoms with E-state index in [2.05, 4.69) is 5.32 Å². The van der Waals surface area contributed by atoms with Gasteiger partial charge in [-0.15, -0.1) is 11.3 Å². The maximum Gasteiger partial charge on any atom is 0.348 e. The minimum atomic E-state index is -0.581. The van der Waals surface area contributed by atoms with Gasteiger partial charge in [0.05, 0.1) is 4.88 Å². The normalized spacial score (nSPS) is 10.4. The molecular formula is C14H19NO4S. The van der Waals surface area contributed by atoms with Crippen molar-refractivity contribution < 1.29 is 19.1 Å². The molecule has 6 heteroatoms. The highest BCUT2D eigenvalue weighted by Crippen LogP contribution is 2.17. The monoisotopic (exact) mass is 297 g/mol. The predicted molar refractivity (Wildman–Crippen MR) is 77.1 cm³/mol. The summed E-state index contributed by atoms with van der Waals surface area (Å²) in [6, 6.07) is 3.21. The highest BCUT2D eigenvalue weighted by molar-refractivity contribution is 7.15. The van der Waals surface area contributed by atoms with Crippen LogP contribution in [-0.2, 0) is 9.53 Å². The first-order chi connectivity index (χ1) is 9.47. The number of esters is 1. The van der Waals surface area contributed by atoms with Crippen molar-refractivity contribution in [3.05, 3.63) is 21.9 Å². The van der Waals surface area contributed by atoms with E-state index in [4.69, 9.17) is 4.74 Å². The Labute approximate surface area is 122 Å². The molecular weight excluding hydrogens is 278 g/mol. The van der Waals surface area contributed by atoms with Crippen LogP contribution in [0.4, 0.5) is 0 Å². The number of hydrogen-bond donors (Lipinski definition) is 1. The highest BCUT2D eigenvalue weighted by atomic mass is 32.1. The first-order valence-corrected chi connectivity index (χ1v) is 7.36. The van der Waals surface area contributed by atoms with E-state index < -0.39 is 5.97 Å². The van der Waals surface area contributed by atoms with Gasteiger partial charge in [0.2, 0.25) is 0 Å². The van der Waals surface area contributed by atoms with Crippen LogP contribution in [0.5, 0.6) is 0 Å². The molecule has 0 bridgehead atoms. The molecule has 0 aromatic carbocycles. The van der Waals surface area contributed by atoms with Crippen molar-refractivity contribution in [2.75, 3.05) is 6.61 Å². The molecule has 1 heterocycles. The van der Waals surface area contributed by atoms with Crippen LogP contribution >= 0.6 is 11.3 Å². The fourth-order valence-electron chi connectivity index (χ4n) is 1.60. The number of nitrogens with one attached hydrogen (secondary N) is 1. The van der Waals surface area contributed by atoms with E-state index in [0.29, 0.717) is 9.75 Å². The molecule has 0 saturated carbocycles. The standard InChI is InChI=1S/C14H19NO4S/c1-4-10(5-2)15-13(17)8-19-14(18)12-7-6-11(20-12)9(3)16/h6-7,10H,4-5,8H2,1-3H3,(H,15,17). The highest BCUT2D eigenvalue weighted by Gasteiger charge is 2.15. The quantitative estimate of drug-likeness (QED) is 0.619. The molecule has 20 heavy (non-hydrogen) atoms. The maximum atomic E-state index is 11.7. The summed E-state index contributed by atoms with van der Waals surface area (Å²) in [5.41, 5.74) is 0. The molecule has 0 unspecified atom stereocenters. The van der Waals surface area contributed by atoms with E-state index in [9.17, 15) is 14.4 Å². The molecule has 0 aliphatic carbocycles. The second-order valence-corrected chi connectivity index (χ2v) is 5.46. The van der Waals surface area contributed by atoms with Gasteiger partial charge in [0.15, 0.2) is 12.4 Å². The van der Waals surface area contributed by atoms with Crippen molar-refractivity contribution in [2.45, 2.75) is 39.7 Å². The van der Waals surface area contributed by atoms with Gasteiger partial charge in [-0.05, 0) is 31.9 Å². The Morgan fingerprint density at radius 2 is 1.80 bits per heavy atom. The molecule has 0 fully saturated rings. The number of ketones is 1. The number of amides is 1. The van der Waals surface area contributed by atoms with E-state index in [-0.39, 0.29) is 24.3 Å². The average molecular weight is 297 g/mol. The van der Waals surface area contributed by atoms with Crippen LogP contribution in [0.25, 0.3) is 0 Å². The number of carbonyl (C=O) groups is 3. The van der Waals surface area contributed by atoms with Gasteiger partial charge in [-0.2, -0.15) is 0 Å². The van der Waals surface area contributed by atoms with Gasteiger partial charge in [-0.1, -0.05) is 13.8 Å². The molecule has 0 saturated heterocycles. The van der Waals surface area contributed by atoms with Gasteiger partial charge in [0, 0.05) is 6.04 Å². The lowest BCUT2D eigenvalue weighted by molar-refractivity contribution is -0.125. The summed E-state index contributed by atoms with van der Waals surface area (Å²) in [6.07, 6.45) is 1.67. The summed E-state index contributed by atoms with van der Waals surface area (Å²) in [7, 11) is 0. The number of rotatable bonds is 7. The number of Topliss-reactive ketones (excluding diaryl/α,β-unsaturated/α-hetero) is 1. The minimum Gasteiger partial charge on any atom is -0.451 e. The van der Waals surface area contributed by atoms with Gasteiger partial charge in [0.1, 0.15) is 4.88 Å². The lowest BCUT2D eigenvalue weighted by Gasteiger charge is -2.14. The van der Waals surface area contributed by atoms with Crippen LogP contribution in [0, 0.1) is 0 Å². The molecule has 110 valence electrons. The van der Waals surface area contributed by atoms with Crippen molar-refractivity contribution in [1.29, 1.82) is 0 Å². The summed E-state index contributed by atoms with van der Waals surface area (Å²) in [6.45, 7) is 5.09. The minimum absolute atomic E-state index is 0.0967. The van der Waals surface area contributed by atoms with Crippen molar-refractivity contribution >= 4 is 29.0 Å². The molecule has 5 nitrogen and oxygen atoms in total. The third kappa shape index (κ3) is 4.77. The molecule has 0 radical (unpaired) electrons. The summed E-state index contributed by atoms with van der Waals surface area (Å²) in [4.78, 5) is 35.2. The summed E-state index contributed by atoms with van der Waals surface area (Å²) < 4.78 is 4.92. The molecule has 0 spiro atoms. The van der Waals surface area contributed by atoms with Crippen LogP contribution in [0.1, 0.15) is 53.0 Å². The number of thiophene rings is 1. The van der Waals surface area contributed by atoms with E-state index in [0.717, 1.165) is 24.2 Å². The molecule has 1 aromatic rings. The van der Waals surface area contributed by atoms with Gasteiger partial charge >= 0.3 is 5.97 Å². The van der Waals surface area contributed by atoms with Crippen LogP contribution in [0.15, 0.2) is 12.1 Å². The largest absolute Gasteiger partial charge is 0.451 e. The van der Waals surface area contributed by atoms with Crippen molar-refractivity contribution in [3.8, 4) is 0 Å². The van der Waals surface area contributed by atoms with Crippen molar-refractivity contribution in [3.63, 3.8) is 0 Å². The third-order valence-corrected chi connectivity index (χ3v) is 4.01. The predicted octanol–water partition coefficient (Wildman–Crippen LogP) is 2.41. The fourth-order valence-corrected chi connectivity index (χ4v) is 2.40. The fraction of sp³-hybridized carbons (Fsp3) is 0.500.